The molecule has 1 heterocycles. The van der Waals surface area contributed by atoms with Gasteiger partial charge < -0.3 is 10.4 Å². The van der Waals surface area contributed by atoms with Crippen LogP contribution in [0.5, 0.6) is 0 Å². The fourth-order valence-electron chi connectivity index (χ4n) is 1.72. The molecule has 1 aromatic carbocycles. The Kier molecular flexibility index (Phi) is 4.05. The first-order valence-electron chi connectivity index (χ1n) is 5.75. The molecule has 7 heteroatoms. The minimum atomic E-state index is -1.16. The second kappa shape index (κ2) is 5.75. The summed E-state index contributed by atoms with van der Waals surface area (Å²) < 4.78 is 1.47. The van der Waals surface area contributed by atoms with Crippen molar-refractivity contribution in [1.29, 1.82) is 0 Å². The maximum Gasteiger partial charge on any atom is 0.331 e. The lowest BCUT2D eigenvalue weighted by molar-refractivity contribution is -0.139. The number of hydrogen-bond donors (Lipinski definition) is 2. The number of carbonyl (C=O) groups excluding carboxylic acids is 1. The second-order valence-electron chi connectivity index (χ2n) is 4.20. The summed E-state index contributed by atoms with van der Waals surface area (Å²) >= 11 is 5.80. The average Bonchev–Trinajstić information content (AvgIpc) is 2.81. The summed E-state index contributed by atoms with van der Waals surface area (Å²) in [5.41, 5.74) is 0.697. The zero-order valence-corrected chi connectivity index (χ0v) is 11.3. The quantitative estimate of drug-likeness (QED) is 0.897. The van der Waals surface area contributed by atoms with Gasteiger partial charge >= 0.3 is 5.97 Å². The SMILES string of the molecule is Cn1cc(C(NC(=O)c2cccc(Cl)c2)C(=O)O)cn1. The lowest BCUT2D eigenvalue weighted by Gasteiger charge is -2.13. The van der Waals surface area contributed by atoms with Gasteiger partial charge in [0.15, 0.2) is 6.04 Å². The normalized spacial score (nSPS) is 11.9. The van der Waals surface area contributed by atoms with Crippen LogP contribution in [0, 0.1) is 0 Å². The van der Waals surface area contributed by atoms with Gasteiger partial charge in [0.2, 0.25) is 0 Å². The number of aliphatic carboxylic acids is 1. The van der Waals surface area contributed by atoms with Gasteiger partial charge in [-0.25, -0.2) is 4.79 Å². The molecule has 0 bridgehead atoms. The van der Waals surface area contributed by atoms with Crippen LogP contribution >= 0.6 is 11.6 Å². The molecule has 0 spiro atoms. The number of amides is 1. The largest absolute Gasteiger partial charge is 0.479 e. The second-order valence-corrected chi connectivity index (χ2v) is 4.64. The molecule has 0 fully saturated rings. The Labute approximate surface area is 120 Å². The first-order chi connectivity index (χ1) is 9.47. The van der Waals surface area contributed by atoms with Gasteiger partial charge in [-0.05, 0) is 18.2 Å². The maximum atomic E-state index is 12.0. The van der Waals surface area contributed by atoms with Gasteiger partial charge in [-0.3, -0.25) is 9.48 Å². The van der Waals surface area contributed by atoms with Crippen LogP contribution in [-0.2, 0) is 11.8 Å². The molecule has 0 aliphatic carbocycles. The van der Waals surface area contributed by atoms with Gasteiger partial charge in [0.05, 0.1) is 6.20 Å². The number of halogens is 1. The van der Waals surface area contributed by atoms with Gasteiger partial charge in [0, 0.05) is 29.4 Å². The first kappa shape index (κ1) is 14.1. The van der Waals surface area contributed by atoms with E-state index in [-0.39, 0.29) is 0 Å². The molecule has 2 aromatic rings. The topological polar surface area (TPSA) is 84.2 Å². The minimum Gasteiger partial charge on any atom is -0.479 e. The number of nitrogens with zero attached hydrogens (tertiary/aromatic N) is 2. The van der Waals surface area contributed by atoms with Gasteiger partial charge in [0.25, 0.3) is 5.91 Å². The lowest BCUT2D eigenvalue weighted by atomic mass is 10.1. The predicted molar refractivity (Wildman–Crippen MR) is 72.5 cm³/mol. The minimum absolute atomic E-state index is 0.299. The number of carboxylic acids is 1. The number of benzene rings is 1. The summed E-state index contributed by atoms with van der Waals surface area (Å²) in [7, 11) is 1.67. The maximum absolute atomic E-state index is 12.0. The van der Waals surface area contributed by atoms with E-state index in [0.717, 1.165) is 0 Å². The van der Waals surface area contributed by atoms with E-state index in [2.05, 4.69) is 10.4 Å². The molecule has 2 rings (SSSR count). The monoisotopic (exact) mass is 293 g/mol. The van der Waals surface area contributed by atoms with Crippen molar-refractivity contribution in [3.63, 3.8) is 0 Å². The number of aryl methyl sites for hydroxylation is 1. The molecule has 1 atom stereocenters. The van der Waals surface area contributed by atoms with Gasteiger partial charge in [-0.15, -0.1) is 0 Å². The zero-order chi connectivity index (χ0) is 14.7. The van der Waals surface area contributed by atoms with Crippen molar-refractivity contribution < 1.29 is 14.7 Å². The third-order valence-electron chi connectivity index (χ3n) is 2.67. The Morgan fingerprint density at radius 2 is 2.20 bits per heavy atom. The third kappa shape index (κ3) is 3.16. The highest BCUT2D eigenvalue weighted by Gasteiger charge is 2.24. The van der Waals surface area contributed by atoms with Gasteiger partial charge in [-0.2, -0.15) is 5.10 Å². The molecule has 0 radical (unpaired) electrons. The molecule has 0 saturated carbocycles. The van der Waals surface area contributed by atoms with E-state index in [1.807, 2.05) is 0 Å². The summed E-state index contributed by atoms with van der Waals surface area (Å²) in [5, 5.41) is 16.0. The Balaban J connectivity index is 2.21. The van der Waals surface area contributed by atoms with Crippen molar-refractivity contribution in [3.8, 4) is 0 Å². The summed E-state index contributed by atoms with van der Waals surface area (Å²) in [6.45, 7) is 0. The number of aromatic nitrogens is 2. The number of hydrogen-bond acceptors (Lipinski definition) is 3. The Hall–Kier alpha value is -2.34. The number of carboxylic acid groups (broad SMARTS) is 1. The van der Waals surface area contributed by atoms with E-state index >= 15 is 0 Å². The van der Waals surface area contributed by atoms with Gasteiger partial charge in [-0.1, -0.05) is 17.7 Å². The average molecular weight is 294 g/mol. The molecule has 1 amide bonds. The van der Waals surface area contributed by atoms with Crippen molar-refractivity contribution in [2.45, 2.75) is 6.04 Å². The van der Waals surface area contributed by atoms with Crippen LogP contribution in [0.25, 0.3) is 0 Å². The predicted octanol–water partition coefficient (Wildman–Crippen LogP) is 1.63. The molecule has 20 heavy (non-hydrogen) atoms. The van der Waals surface area contributed by atoms with Crippen LogP contribution in [-0.4, -0.2) is 26.8 Å². The van der Waals surface area contributed by atoms with Crippen LogP contribution in [0.15, 0.2) is 36.7 Å². The van der Waals surface area contributed by atoms with Crippen LogP contribution in [0.2, 0.25) is 5.02 Å². The van der Waals surface area contributed by atoms with E-state index in [1.54, 1.807) is 25.2 Å². The first-order valence-corrected chi connectivity index (χ1v) is 6.13. The molecule has 0 saturated heterocycles. The molecule has 1 unspecified atom stereocenters. The highest BCUT2D eigenvalue weighted by Crippen LogP contribution is 2.15. The molecular formula is C13H12ClN3O3. The summed E-state index contributed by atoms with van der Waals surface area (Å²) in [4.78, 5) is 23.3. The Bertz CT molecular complexity index is 654. The highest BCUT2D eigenvalue weighted by molar-refractivity contribution is 6.30. The molecule has 104 valence electrons. The van der Waals surface area contributed by atoms with E-state index < -0.39 is 17.9 Å². The molecule has 6 nitrogen and oxygen atoms in total. The van der Waals surface area contributed by atoms with Crippen molar-refractivity contribution in [2.75, 3.05) is 0 Å². The van der Waals surface area contributed by atoms with Crippen LogP contribution in [0.3, 0.4) is 0 Å². The molecule has 0 aliphatic rings. The zero-order valence-electron chi connectivity index (χ0n) is 10.6. The van der Waals surface area contributed by atoms with E-state index in [4.69, 9.17) is 11.6 Å². The summed E-state index contributed by atoms with van der Waals surface area (Å²) in [5.74, 6) is -1.67. The Morgan fingerprint density at radius 3 is 2.75 bits per heavy atom. The van der Waals surface area contributed by atoms with E-state index in [1.165, 1.54) is 23.1 Å². The van der Waals surface area contributed by atoms with Crippen LogP contribution in [0.4, 0.5) is 0 Å². The number of carbonyl (C=O) groups is 2. The van der Waals surface area contributed by atoms with E-state index in [9.17, 15) is 14.7 Å². The van der Waals surface area contributed by atoms with Crippen LogP contribution in [0.1, 0.15) is 22.0 Å². The lowest BCUT2D eigenvalue weighted by Crippen LogP contribution is -2.33. The van der Waals surface area contributed by atoms with Crippen molar-refractivity contribution in [3.05, 3.63) is 52.8 Å². The fraction of sp³-hybridized carbons (Fsp3) is 0.154. The number of rotatable bonds is 4. The Morgan fingerprint density at radius 1 is 1.45 bits per heavy atom. The summed E-state index contributed by atoms with van der Waals surface area (Å²) in [6.07, 6.45) is 2.94. The summed E-state index contributed by atoms with van der Waals surface area (Å²) in [6, 6.07) is 5.13. The molecule has 2 N–H and O–H groups in total. The standard InChI is InChI=1S/C13H12ClN3O3/c1-17-7-9(6-15-17)11(13(19)20)16-12(18)8-3-2-4-10(14)5-8/h2-7,11H,1H3,(H,16,18)(H,19,20). The van der Waals surface area contributed by atoms with E-state index in [0.29, 0.717) is 16.1 Å². The number of nitrogens with one attached hydrogen (secondary N) is 1. The molecule has 0 aliphatic heterocycles. The van der Waals surface area contributed by atoms with Crippen molar-refractivity contribution in [2.24, 2.45) is 7.05 Å². The third-order valence-corrected chi connectivity index (χ3v) is 2.90. The fourth-order valence-corrected chi connectivity index (χ4v) is 1.91. The van der Waals surface area contributed by atoms with Crippen molar-refractivity contribution >= 4 is 23.5 Å². The highest BCUT2D eigenvalue weighted by atomic mass is 35.5. The smallest absolute Gasteiger partial charge is 0.331 e. The van der Waals surface area contributed by atoms with Crippen molar-refractivity contribution in [1.82, 2.24) is 15.1 Å². The molecular weight excluding hydrogens is 282 g/mol. The van der Waals surface area contributed by atoms with Gasteiger partial charge in [0.1, 0.15) is 0 Å². The molecule has 1 aromatic heterocycles. The van der Waals surface area contributed by atoms with Crippen LogP contribution < -0.4 is 5.32 Å².